The Kier molecular flexibility index (Phi) is 8.34. The SMILES string of the molecule is CC[C@@H](C)NC(=O)[C@@H](C)N(Cc1ccc(Cl)cc1)C(=O)Cc1cccc(Cl)c1. The zero-order valence-electron chi connectivity index (χ0n) is 16.4. The molecule has 0 spiro atoms. The highest BCUT2D eigenvalue weighted by Crippen LogP contribution is 2.17. The normalized spacial score (nSPS) is 12.9. The number of benzene rings is 2. The van der Waals surface area contributed by atoms with Crippen molar-refractivity contribution in [3.05, 3.63) is 69.7 Å². The average molecular weight is 421 g/mol. The van der Waals surface area contributed by atoms with Gasteiger partial charge in [-0.15, -0.1) is 0 Å². The van der Waals surface area contributed by atoms with E-state index in [0.29, 0.717) is 16.6 Å². The van der Waals surface area contributed by atoms with E-state index in [4.69, 9.17) is 23.2 Å². The van der Waals surface area contributed by atoms with E-state index >= 15 is 0 Å². The maximum Gasteiger partial charge on any atom is 0.242 e. The summed E-state index contributed by atoms with van der Waals surface area (Å²) in [5.41, 5.74) is 1.72. The summed E-state index contributed by atoms with van der Waals surface area (Å²) in [7, 11) is 0. The molecule has 0 aromatic heterocycles. The first-order valence-corrected chi connectivity index (χ1v) is 10.1. The lowest BCUT2D eigenvalue weighted by Crippen LogP contribution is -2.49. The van der Waals surface area contributed by atoms with Gasteiger partial charge in [0, 0.05) is 22.6 Å². The Labute approximate surface area is 176 Å². The first-order valence-electron chi connectivity index (χ1n) is 9.39. The number of amides is 2. The highest BCUT2D eigenvalue weighted by Gasteiger charge is 2.26. The molecule has 0 saturated heterocycles. The quantitative estimate of drug-likeness (QED) is 0.661. The Bertz CT molecular complexity index is 808. The lowest BCUT2D eigenvalue weighted by atomic mass is 10.1. The van der Waals surface area contributed by atoms with Crippen LogP contribution in [0.5, 0.6) is 0 Å². The fraction of sp³-hybridized carbons (Fsp3) is 0.364. The van der Waals surface area contributed by atoms with Gasteiger partial charge in [0.25, 0.3) is 0 Å². The Morgan fingerprint density at radius 1 is 1.00 bits per heavy atom. The van der Waals surface area contributed by atoms with Gasteiger partial charge in [-0.2, -0.15) is 0 Å². The van der Waals surface area contributed by atoms with Gasteiger partial charge in [0.15, 0.2) is 0 Å². The second kappa shape index (κ2) is 10.5. The van der Waals surface area contributed by atoms with E-state index in [1.54, 1.807) is 36.1 Å². The van der Waals surface area contributed by atoms with Crippen LogP contribution >= 0.6 is 23.2 Å². The first-order chi connectivity index (χ1) is 13.3. The summed E-state index contributed by atoms with van der Waals surface area (Å²) >= 11 is 12.0. The summed E-state index contributed by atoms with van der Waals surface area (Å²) in [5, 5.41) is 4.17. The molecule has 28 heavy (non-hydrogen) atoms. The Morgan fingerprint density at radius 2 is 1.68 bits per heavy atom. The molecule has 6 heteroatoms. The molecule has 0 unspecified atom stereocenters. The molecule has 2 aromatic carbocycles. The number of hydrogen-bond acceptors (Lipinski definition) is 2. The Hall–Kier alpha value is -2.04. The second-order valence-corrected chi connectivity index (χ2v) is 7.82. The number of halogens is 2. The van der Waals surface area contributed by atoms with Crippen LogP contribution in [0.4, 0.5) is 0 Å². The predicted octanol–water partition coefficient (Wildman–Crippen LogP) is 4.87. The van der Waals surface area contributed by atoms with E-state index in [-0.39, 0.29) is 24.3 Å². The van der Waals surface area contributed by atoms with Crippen molar-refractivity contribution in [2.24, 2.45) is 0 Å². The Morgan fingerprint density at radius 3 is 2.29 bits per heavy atom. The van der Waals surface area contributed by atoms with Gasteiger partial charge >= 0.3 is 0 Å². The van der Waals surface area contributed by atoms with Crippen molar-refractivity contribution < 1.29 is 9.59 Å². The molecular formula is C22H26Cl2N2O2. The minimum Gasteiger partial charge on any atom is -0.352 e. The van der Waals surface area contributed by atoms with Gasteiger partial charge in [0.2, 0.25) is 11.8 Å². The molecule has 1 N–H and O–H groups in total. The lowest BCUT2D eigenvalue weighted by Gasteiger charge is -2.30. The van der Waals surface area contributed by atoms with Gasteiger partial charge in [-0.05, 0) is 55.7 Å². The maximum atomic E-state index is 13.1. The van der Waals surface area contributed by atoms with Crippen molar-refractivity contribution in [2.45, 2.75) is 52.2 Å². The molecule has 0 fully saturated rings. The van der Waals surface area contributed by atoms with Crippen LogP contribution in [0.3, 0.4) is 0 Å². The monoisotopic (exact) mass is 420 g/mol. The molecular weight excluding hydrogens is 395 g/mol. The zero-order valence-corrected chi connectivity index (χ0v) is 17.9. The summed E-state index contributed by atoms with van der Waals surface area (Å²) in [6.07, 6.45) is 1.00. The smallest absolute Gasteiger partial charge is 0.242 e. The maximum absolute atomic E-state index is 13.1. The van der Waals surface area contributed by atoms with E-state index in [1.807, 2.05) is 38.1 Å². The van der Waals surface area contributed by atoms with Crippen LogP contribution in [0.1, 0.15) is 38.3 Å². The van der Waals surface area contributed by atoms with Gasteiger partial charge < -0.3 is 10.2 Å². The fourth-order valence-corrected chi connectivity index (χ4v) is 3.10. The number of hydrogen-bond donors (Lipinski definition) is 1. The predicted molar refractivity (Wildman–Crippen MR) is 115 cm³/mol. The van der Waals surface area contributed by atoms with Crippen LogP contribution in [0, 0.1) is 0 Å². The van der Waals surface area contributed by atoms with E-state index in [1.165, 1.54) is 0 Å². The molecule has 0 aliphatic heterocycles. The average Bonchev–Trinajstić information content (AvgIpc) is 2.66. The molecule has 0 heterocycles. The van der Waals surface area contributed by atoms with Crippen molar-refractivity contribution in [2.75, 3.05) is 0 Å². The molecule has 2 rings (SSSR count). The summed E-state index contributed by atoms with van der Waals surface area (Å²) in [4.78, 5) is 27.3. The molecule has 0 saturated carbocycles. The minimum absolute atomic E-state index is 0.0513. The third kappa shape index (κ3) is 6.54. The molecule has 4 nitrogen and oxygen atoms in total. The van der Waals surface area contributed by atoms with Crippen LogP contribution in [-0.4, -0.2) is 28.8 Å². The van der Waals surface area contributed by atoms with Crippen LogP contribution in [-0.2, 0) is 22.6 Å². The van der Waals surface area contributed by atoms with Gasteiger partial charge in [-0.1, -0.05) is 54.4 Å². The molecule has 0 bridgehead atoms. The molecule has 150 valence electrons. The van der Waals surface area contributed by atoms with Crippen molar-refractivity contribution in [1.29, 1.82) is 0 Å². The summed E-state index contributed by atoms with van der Waals surface area (Å²) < 4.78 is 0. The third-order valence-electron chi connectivity index (χ3n) is 4.68. The minimum atomic E-state index is -0.601. The van der Waals surface area contributed by atoms with Gasteiger partial charge in [-0.25, -0.2) is 0 Å². The molecule has 2 amide bonds. The van der Waals surface area contributed by atoms with Crippen molar-refractivity contribution in [3.63, 3.8) is 0 Å². The van der Waals surface area contributed by atoms with E-state index < -0.39 is 6.04 Å². The standard InChI is InChI=1S/C22H26Cl2N2O2/c1-4-15(2)25-22(28)16(3)26(14-17-8-10-19(23)11-9-17)21(27)13-18-6-5-7-20(24)12-18/h5-12,15-16H,4,13-14H2,1-3H3,(H,25,28)/t15-,16-/m1/s1. The number of nitrogens with zero attached hydrogens (tertiary/aromatic N) is 1. The summed E-state index contributed by atoms with van der Waals surface area (Å²) in [6, 6.07) is 13.9. The van der Waals surface area contributed by atoms with Crippen molar-refractivity contribution in [3.8, 4) is 0 Å². The summed E-state index contributed by atoms with van der Waals surface area (Å²) in [5.74, 6) is -0.299. The molecule has 0 aliphatic rings. The van der Waals surface area contributed by atoms with Crippen LogP contribution in [0.25, 0.3) is 0 Å². The van der Waals surface area contributed by atoms with Gasteiger partial charge in [0.05, 0.1) is 6.42 Å². The topological polar surface area (TPSA) is 49.4 Å². The van der Waals surface area contributed by atoms with Gasteiger partial charge in [-0.3, -0.25) is 9.59 Å². The highest BCUT2D eigenvalue weighted by molar-refractivity contribution is 6.30. The molecule has 2 aromatic rings. The molecule has 0 radical (unpaired) electrons. The van der Waals surface area contributed by atoms with Crippen molar-refractivity contribution >= 4 is 35.0 Å². The molecule has 2 atom stereocenters. The third-order valence-corrected chi connectivity index (χ3v) is 5.17. The van der Waals surface area contributed by atoms with Gasteiger partial charge in [0.1, 0.15) is 6.04 Å². The van der Waals surface area contributed by atoms with E-state index in [0.717, 1.165) is 17.5 Å². The molecule has 0 aliphatic carbocycles. The summed E-state index contributed by atoms with van der Waals surface area (Å²) in [6.45, 7) is 6.03. The second-order valence-electron chi connectivity index (χ2n) is 6.95. The van der Waals surface area contributed by atoms with Crippen LogP contribution in [0.2, 0.25) is 10.0 Å². The number of carbonyl (C=O) groups is 2. The Balaban J connectivity index is 2.22. The number of carbonyl (C=O) groups excluding carboxylic acids is 2. The fourth-order valence-electron chi connectivity index (χ4n) is 2.76. The number of nitrogens with one attached hydrogen (secondary N) is 1. The van der Waals surface area contributed by atoms with E-state index in [9.17, 15) is 9.59 Å². The number of rotatable bonds is 8. The van der Waals surface area contributed by atoms with E-state index in [2.05, 4.69) is 5.32 Å². The van der Waals surface area contributed by atoms with Crippen molar-refractivity contribution in [1.82, 2.24) is 10.2 Å². The lowest BCUT2D eigenvalue weighted by molar-refractivity contribution is -0.140. The highest BCUT2D eigenvalue weighted by atomic mass is 35.5. The first kappa shape index (κ1) is 22.3. The van der Waals surface area contributed by atoms with Crippen LogP contribution < -0.4 is 5.32 Å². The largest absolute Gasteiger partial charge is 0.352 e. The van der Waals surface area contributed by atoms with Crippen LogP contribution in [0.15, 0.2) is 48.5 Å². The zero-order chi connectivity index (χ0) is 20.7.